The van der Waals surface area contributed by atoms with Gasteiger partial charge in [0.2, 0.25) is 0 Å². The molecule has 1 aromatic heterocycles. The monoisotopic (exact) mass is 269 g/mol. The highest BCUT2D eigenvalue weighted by Gasteiger charge is 2.34. The highest BCUT2D eigenvalue weighted by Crippen LogP contribution is 2.22. The van der Waals surface area contributed by atoms with E-state index >= 15 is 0 Å². The predicted molar refractivity (Wildman–Crippen MR) is 73.4 cm³/mol. The van der Waals surface area contributed by atoms with Gasteiger partial charge in [-0.15, -0.1) is 0 Å². The van der Waals surface area contributed by atoms with Crippen molar-refractivity contribution in [1.29, 1.82) is 0 Å². The van der Waals surface area contributed by atoms with Gasteiger partial charge >= 0.3 is 0 Å². The quantitative estimate of drug-likeness (QED) is 0.796. The lowest BCUT2D eigenvalue weighted by atomic mass is 10.1. The topological polar surface area (TPSA) is 55.2 Å². The fourth-order valence-electron chi connectivity index (χ4n) is 2.46. The average Bonchev–Trinajstić information content (AvgIpc) is 2.97. The molecule has 0 spiro atoms. The van der Waals surface area contributed by atoms with Crippen molar-refractivity contribution >= 4 is 11.8 Å². The summed E-state index contributed by atoms with van der Waals surface area (Å²) in [7, 11) is 0. The standard InChI is InChI=1S/C15H15N3O2/c1-11-9-16-10-17(11)7-4-8-18-14(19)12-5-2-3-6-13(12)15(18)20/h2-3,5-6,9-10H,4,7-8H2,1H3. The van der Waals surface area contributed by atoms with Crippen LogP contribution in [0.1, 0.15) is 32.8 Å². The van der Waals surface area contributed by atoms with Gasteiger partial charge in [-0.1, -0.05) is 12.1 Å². The smallest absolute Gasteiger partial charge is 0.261 e. The molecule has 2 aromatic rings. The number of nitrogens with zero attached hydrogens (tertiary/aromatic N) is 3. The Balaban J connectivity index is 1.67. The molecule has 0 bridgehead atoms. The summed E-state index contributed by atoms with van der Waals surface area (Å²) < 4.78 is 2.01. The Bertz CT molecular complexity index is 640. The second-order valence-electron chi connectivity index (χ2n) is 4.89. The maximum Gasteiger partial charge on any atom is 0.261 e. The van der Waals surface area contributed by atoms with Crippen LogP contribution in [0.2, 0.25) is 0 Å². The van der Waals surface area contributed by atoms with Crippen molar-refractivity contribution < 1.29 is 9.59 Å². The van der Waals surface area contributed by atoms with E-state index in [9.17, 15) is 9.59 Å². The molecule has 2 amide bonds. The summed E-state index contributed by atoms with van der Waals surface area (Å²) in [6.07, 6.45) is 4.28. The van der Waals surface area contributed by atoms with Crippen LogP contribution in [0.3, 0.4) is 0 Å². The van der Waals surface area contributed by atoms with Crippen LogP contribution in [0, 0.1) is 6.92 Å². The van der Waals surface area contributed by atoms with Crippen molar-refractivity contribution in [3.8, 4) is 0 Å². The molecule has 0 atom stereocenters. The number of benzene rings is 1. The van der Waals surface area contributed by atoms with Crippen molar-refractivity contribution in [2.24, 2.45) is 0 Å². The fraction of sp³-hybridized carbons (Fsp3) is 0.267. The number of rotatable bonds is 4. The fourth-order valence-corrected chi connectivity index (χ4v) is 2.46. The normalized spacial score (nSPS) is 13.9. The Kier molecular flexibility index (Phi) is 3.10. The first-order chi connectivity index (χ1) is 9.68. The third-order valence-electron chi connectivity index (χ3n) is 3.58. The van der Waals surface area contributed by atoms with Crippen LogP contribution in [0.25, 0.3) is 0 Å². The van der Waals surface area contributed by atoms with E-state index in [2.05, 4.69) is 4.98 Å². The Hall–Kier alpha value is -2.43. The average molecular weight is 269 g/mol. The molecule has 0 saturated heterocycles. The number of hydrogen-bond donors (Lipinski definition) is 0. The minimum Gasteiger partial charge on any atom is -0.335 e. The van der Waals surface area contributed by atoms with Crippen LogP contribution < -0.4 is 0 Å². The predicted octanol–water partition coefficient (Wildman–Crippen LogP) is 1.88. The molecule has 102 valence electrons. The number of hydrogen-bond acceptors (Lipinski definition) is 3. The highest BCUT2D eigenvalue weighted by molar-refractivity contribution is 6.21. The van der Waals surface area contributed by atoms with Gasteiger partial charge in [0, 0.05) is 25.0 Å². The van der Waals surface area contributed by atoms with Gasteiger partial charge in [0.25, 0.3) is 11.8 Å². The molecular weight excluding hydrogens is 254 g/mol. The zero-order valence-electron chi connectivity index (χ0n) is 11.2. The summed E-state index contributed by atoms with van der Waals surface area (Å²) in [5.41, 5.74) is 2.10. The third-order valence-corrected chi connectivity index (χ3v) is 3.58. The number of imidazole rings is 1. The molecule has 0 radical (unpaired) electrons. The van der Waals surface area contributed by atoms with Crippen LogP contribution in [0.4, 0.5) is 0 Å². The lowest BCUT2D eigenvalue weighted by molar-refractivity contribution is 0.0651. The van der Waals surface area contributed by atoms with Crippen molar-refractivity contribution in [2.45, 2.75) is 19.9 Å². The highest BCUT2D eigenvalue weighted by atomic mass is 16.2. The summed E-state index contributed by atoms with van der Waals surface area (Å²) in [6, 6.07) is 6.97. The zero-order valence-corrected chi connectivity index (χ0v) is 11.2. The summed E-state index contributed by atoms with van der Waals surface area (Å²) in [5.74, 6) is -0.374. The van der Waals surface area contributed by atoms with E-state index in [0.29, 0.717) is 17.7 Å². The SMILES string of the molecule is Cc1cncn1CCCN1C(=O)c2ccccc2C1=O. The third kappa shape index (κ3) is 2.01. The molecular formula is C15H15N3O2. The van der Waals surface area contributed by atoms with Crippen molar-refractivity contribution in [3.63, 3.8) is 0 Å². The maximum atomic E-state index is 12.2. The number of aryl methyl sites for hydroxylation is 2. The molecule has 0 aliphatic carbocycles. The minimum atomic E-state index is -0.187. The molecule has 1 aliphatic rings. The first-order valence-corrected chi connectivity index (χ1v) is 6.60. The van der Waals surface area contributed by atoms with Crippen molar-refractivity contribution in [2.75, 3.05) is 6.54 Å². The second kappa shape index (κ2) is 4.92. The molecule has 0 unspecified atom stereocenters. The molecule has 20 heavy (non-hydrogen) atoms. The van der Waals surface area contributed by atoms with E-state index < -0.39 is 0 Å². The summed E-state index contributed by atoms with van der Waals surface area (Å²) >= 11 is 0. The van der Waals surface area contributed by atoms with Gasteiger partial charge in [0.05, 0.1) is 17.5 Å². The van der Waals surface area contributed by atoms with E-state index in [-0.39, 0.29) is 11.8 Å². The van der Waals surface area contributed by atoms with E-state index in [4.69, 9.17) is 0 Å². The molecule has 0 fully saturated rings. The van der Waals surface area contributed by atoms with Crippen LogP contribution >= 0.6 is 0 Å². The minimum absolute atomic E-state index is 0.187. The van der Waals surface area contributed by atoms with E-state index in [1.54, 1.807) is 36.8 Å². The Morgan fingerprint density at radius 1 is 1.05 bits per heavy atom. The van der Waals surface area contributed by atoms with Crippen molar-refractivity contribution in [3.05, 3.63) is 53.6 Å². The van der Waals surface area contributed by atoms with Crippen molar-refractivity contribution in [1.82, 2.24) is 14.5 Å². The van der Waals surface area contributed by atoms with Gasteiger partial charge in [-0.2, -0.15) is 0 Å². The van der Waals surface area contributed by atoms with E-state index in [1.165, 1.54) is 4.90 Å². The Morgan fingerprint density at radius 3 is 2.25 bits per heavy atom. The van der Waals surface area contributed by atoms with Gasteiger partial charge in [0.1, 0.15) is 0 Å². The summed E-state index contributed by atoms with van der Waals surface area (Å²) in [6.45, 7) is 3.16. The summed E-state index contributed by atoms with van der Waals surface area (Å²) in [5, 5.41) is 0. The number of fused-ring (bicyclic) bond motifs is 1. The summed E-state index contributed by atoms with van der Waals surface area (Å²) in [4.78, 5) is 29.7. The number of aromatic nitrogens is 2. The van der Waals surface area contributed by atoms with Gasteiger partial charge < -0.3 is 4.57 Å². The first-order valence-electron chi connectivity index (χ1n) is 6.60. The second-order valence-corrected chi connectivity index (χ2v) is 4.89. The van der Waals surface area contributed by atoms with Gasteiger partial charge in [0.15, 0.2) is 0 Å². The molecule has 2 heterocycles. The van der Waals surface area contributed by atoms with Crippen LogP contribution in [0.5, 0.6) is 0 Å². The van der Waals surface area contributed by atoms with E-state index in [1.807, 2.05) is 11.5 Å². The molecule has 5 nitrogen and oxygen atoms in total. The van der Waals surface area contributed by atoms with Gasteiger partial charge in [-0.3, -0.25) is 14.5 Å². The molecule has 1 aromatic carbocycles. The number of imide groups is 1. The molecule has 5 heteroatoms. The molecule has 0 N–H and O–H groups in total. The molecule has 1 aliphatic heterocycles. The maximum absolute atomic E-state index is 12.2. The van der Waals surface area contributed by atoms with Gasteiger partial charge in [-0.25, -0.2) is 4.98 Å². The van der Waals surface area contributed by atoms with Crippen LogP contribution in [-0.4, -0.2) is 32.8 Å². The Morgan fingerprint density at radius 2 is 1.70 bits per heavy atom. The van der Waals surface area contributed by atoms with E-state index in [0.717, 1.165) is 18.7 Å². The number of amides is 2. The number of carbonyl (C=O) groups is 2. The van der Waals surface area contributed by atoms with Crippen LogP contribution in [0.15, 0.2) is 36.8 Å². The van der Waals surface area contributed by atoms with Crippen LogP contribution in [-0.2, 0) is 6.54 Å². The number of carbonyl (C=O) groups excluding carboxylic acids is 2. The lowest BCUT2D eigenvalue weighted by Crippen LogP contribution is -2.31. The first kappa shape index (κ1) is 12.6. The lowest BCUT2D eigenvalue weighted by Gasteiger charge is -2.14. The largest absolute Gasteiger partial charge is 0.335 e. The zero-order chi connectivity index (χ0) is 14.1. The van der Waals surface area contributed by atoms with Gasteiger partial charge in [-0.05, 0) is 25.5 Å². The molecule has 0 saturated carbocycles. The Labute approximate surface area is 116 Å². The molecule has 3 rings (SSSR count).